The predicted octanol–water partition coefficient (Wildman–Crippen LogP) is 1.83. The van der Waals surface area contributed by atoms with Gasteiger partial charge in [0.25, 0.3) is 5.56 Å². The normalized spacial score (nSPS) is 17.7. The van der Waals surface area contributed by atoms with Gasteiger partial charge in [-0.15, -0.1) is 11.3 Å². The van der Waals surface area contributed by atoms with Gasteiger partial charge in [-0.1, -0.05) is 0 Å². The Morgan fingerprint density at radius 1 is 1.48 bits per heavy atom. The van der Waals surface area contributed by atoms with Crippen LogP contribution in [0, 0.1) is 6.92 Å². The van der Waals surface area contributed by atoms with Crippen LogP contribution in [-0.2, 0) is 17.8 Å². The molecule has 1 aliphatic rings. The van der Waals surface area contributed by atoms with E-state index in [4.69, 9.17) is 0 Å². The quantitative estimate of drug-likeness (QED) is 0.922. The van der Waals surface area contributed by atoms with E-state index < -0.39 is 11.9 Å². The van der Waals surface area contributed by atoms with Gasteiger partial charge in [-0.25, -0.2) is 4.98 Å². The first kappa shape index (κ1) is 16.1. The van der Waals surface area contributed by atoms with Crippen molar-refractivity contribution in [2.24, 2.45) is 0 Å². The van der Waals surface area contributed by atoms with Gasteiger partial charge in [0, 0.05) is 18.0 Å². The summed E-state index contributed by atoms with van der Waals surface area (Å²) in [6.45, 7) is 3.13. The Bertz CT molecular complexity index is 822. The maximum absolute atomic E-state index is 13.0. The number of aromatic nitrogens is 2. The van der Waals surface area contributed by atoms with E-state index in [0.29, 0.717) is 29.0 Å². The molecule has 1 unspecified atom stereocenters. The number of thiophene rings is 1. The molecule has 0 saturated carbocycles. The summed E-state index contributed by atoms with van der Waals surface area (Å²) < 4.78 is 1.67. The number of hydrogen-bond donors (Lipinski definition) is 1. The minimum absolute atomic E-state index is 0.0972. The number of fused-ring (bicyclic) bond motifs is 3. The van der Waals surface area contributed by atoms with Gasteiger partial charge in [-0.3, -0.25) is 14.2 Å². The molecule has 124 valence electrons. The molecule has 0 bridgehead atoms. The fourth-order valence-corrected chi connectivity index (χ4v) is 4.54. The zero-order valence-corrected chi connectivity index (χ0v) is 14.4. The molecule has 0 aliphatic heterocycles. The first-order valence-electron chi connectivity index (χ1n) is 7.80. The molecule has 2 aromatic heterocycles. The molecule has 3 rings (SSSR count). The lowest BCUT2D eigenvalue weighted by Crippen LogP contribution is -2.30. The number of nitrogens with zero attached hydrogens (tertiary/aromatic N) is 3. The van der Waals surface area contributed by atoms with Gasteiger partial charge >= 0.3 is 5.97 Å². The van der Waals surface area contributed by atoms with E-state index in [9.17, 15) is 14.7 Å². The maximum atomic E-state index is 13.0. The molecule has 6 nitrogen and oxygen atoms in total. The summed E-state index contributed by atoms with van der Waals surface area (Å²) in [4.78, 5) is 32.9. The molecule has 1 N–H and O–H groups in total. The lowest BCUT2D eigenvalue weighted by atomic mass is 9.86. The van der Waals surface area contributed by atoms with E-state index in [1.807, 2.05) is 25.9 Å². The lowest BCUT2D eigenvalue weighted by molar-refractivity contribution is -0.139. The Balaban J connectivity index is 2.21. The van der Waals surface area contributed by atoms with Crippen molar-refractivity contribution in [2.75, 3.05) is 20.6 Å². The molecule has 2 aromatic rings. The third-order valence-corrected chi connectivity index (χ3v) is 5.59. The first-order valence-corrected chi connectivity index (χ1v) is 8.62. The van der Waals surface area contributed by atoms with Crippen molar-refractivity contribution >= 4 is 27.5 Å². The van der Waals surface area contributed by atoms with Crippen molar-refractivity contribution in [1.29, 1.82) is 0 Å². The van der Waals surface area contributed by atoms with Gasteiger partial charge in [-0.05, 0) is 45.8 Å². The van der Waals surface area contributed by atoms with E-state index in [0.717, 1.165) is 29.8 Å². The Morgan fingerprint density at radius 2 is 2.22 bits per heavy atom. The van der Waals surface area contributed by atoms with Crippen molar-refractivity contribution in [3.05, 3.63) is 26.6 Å². The molecule has 1 atom stereocenters. The molecule has 7 heteroatoms. The average molecular weight is 335 g/mol. The standard InChI is InChI=1S/C16H21N3O3S/c1-9-17-14-13(15(20)19(9)8-7-18(2)3)12-10(16(21)22)5-4-6-11(12)23-14/h10H,4-8H2,1-3H3,(H,21,22). The third kappa shape index (κ3) is 2.79. The van der Waals surface area contributed by atoms with E-state index >= 15 is 0 Å². The molecule has 1 aliphatic carbocycles. The fraction of sp³-hybridized carbons (Fsp3) is 0.562. The Kier molecular flexibility index (Phi) is 4.25. The number of aryl methyl sites for hydroxylation is 2. The van der Waals surface area contributed by atoms with Crippen LogP contribution in [0.3, 0.4) is 0 Å². The van der Waals surface area contributed by atoms with Crippen LogP contribution in [0.5, 0.6) is 0 Å². The van der Waals surface area contributed by atoms with Gasteiger partial charge in [0.15, 0.2) is 0 Å². The number of aliphatic carboxylic acids is 1. The van der Waals surface area contributed by atoms with Crippen molar-refractivity contribution in [3.8, 4) is 0 Å². The molecule has 23 heavy (non-hydrogen) atoms. The van der Waals surface area contributed by atoms with Gasteiger partial charge in [0.05, 0.1) is 11.3 Å². The highest BCUT2D eigenvalue weighted by Crippen LogP contribution is 2.40. The molecular weight excluding hydrogens is 314 g/mol. The van der Waals surface area contributed by atoms with Crippen molar-refractivity contribution in [3.63, 3.8) is 0 Å². The van der Waals surface area contributed by atoms with E-state index in [2.05, 4.69) is 4.98 Å². The zero-order chi connectivity index (χ0) is 16.7. The number of carboxylic acid groups (broad SMARTS) is 1. The highest BCUT2D eigenvalue weighted by molar-refractivity contribution is 7.18. The molecule has 2 heterocycles. The SMILES string of the molecule is Cc1nc2sc3c(c2c(=O)n1CCN(C)C)C(C(=O)O)CCC3. The van der Waals surface area contributed by atoms with Crippen LogP contribution in [0.25, 0.3) is 10.2 Å². The molecule has 0 aromatic carbocycles. The number of likely N-dealkylation sites (N-methyl/N-ethyl adjacent to an activating group) is 1. The summed E-state index contributed by atoms with van der Waals surface area (Å²) >= 11 is 1.48. The number of carboxylic acids is 1. The highest BCUT2D eigenvalue weighted by atomic mass is 32.1. The Morgan fingerprint density at radius 3 is 2.87 bits per heavy atom. The summed E-state index contributed by atoms with van der Waals surface area (Å²) in [6.07, 6.45) is 2.29. The van der Waals surface area contributed by atoms with Crippen LogP contribution in [0.4, 0.5) is 0 Å². The van der Waals surface area contributed by atoms with Crippen LogP contribution in [-0.4, -0.2) is 46.2 Å². The van der Waals surface area contributed by atoms with Crippen LogP contribution in [0.15, 0.2) is 4.79 Å². The highest BCUT2D eigenvalue weighted by Gasteiger charge is 2.32. The minimum Gasteiger partial charge on any atom is -0.481 e. The van der Waals surface area contributed by atoms with Crippen LogP contribution >= 0.6 is 11.3 Å². The van der Waals surface area contributed by atoms with Crippen molar-refractivity contribution in [2.45, 2.75) is 38.6 Å². The number of hydrogen-bond acceptors (Lipinski definition) is 5. The zero-order valence-electron chi connectivity index (χ0n) is 13.6. The number of carbonyl (C=O) groups is 1. The number of rotatable bonds is 4. The van der Waals surface area contributed by atoms with E-state index in [1.54, 1.807) is 4.57 Å². The van der Waals surface area contributed by atoms with Crippen molar-refractivity contribution in [1.82, 2.24) is 14.5 Å². The monoisotopic (exact) mass is 335 g/mol. The molecule has 0 fully saturated rings. The fourth-order valence-electron chi connectivity index (χ4n) is 3.23. The predicted molar refractivity (Wildman–Crippen MR) is 90.5 cm³/mol. The van der Waals surface area contributed by atoms with Gasteiger partial charge in [0.1, 0.15) is 10.7 Å². The summed E-state index contributed by atoms with van der Waals surface area (Å²) in [7, 11) is 3.92. The Labute approximate surface area is 138 Å². The largest absolute Gasteiger partial charge is 0.481 e. The molecule has 0 spiro atoms. The van der Waals surface area contributed by atoms with Gasteiger partial charge in [0.2, 0.25) is 0 Å². The van der Waals surface area contributed by atoms with Crippen LogP contribution < -0.4 is 5.56 Å². The molecule has 0 saturated heterocycles. The Hall–Kier alpha value is -1.73. The summed E-state index contributed by atoms with van der Waals surface area (Å²) in [6, 6.07) is 0. The second kappa shape index (κ2) is 6.05. The van der Waals surface area contributed by atoms with Gasteiger partial charge in [-0.2, -0.15) is 0 Å². The summed E-state index contributed by atoms with van der Waals surface area (Å²) in [5, 5.41) is 10.1. The van der Waals surface area contributed by atoms with Crippen LogP contribution in [0.1, 0.15) is 35.0 Å². The average Bonchev–Trinajstić information content (AvgIpc) is 2.84. The van der Waals surface area contributed by atoms with Crippen LogP contribution in [0.2, 0.25) is 0 Å². The summed E-state index contributed by atoms with van der Waals surface area (Å²) in [5.41, 5.74) is 0.625. The lowest BCUT2D eigenvalue weighted by Gasteiger charge is -2.19. The topological polar surface area (TPSA) is 75.4 Å². The summed E-state index contributed by atoms with van der Waals surface area (Å²) in [5.74, 6) is -0.729. The van der Waals surface area contributed by atoms with E-state index in [1.165, 1.54) is 11.3 Å². The molecular formula is C16H21N3O3S. The van der Waals surface area contributed by atoms with Crippen molar-refractivity contribution < 1.29 is 9.90 Å². The van der Waals surface area contributed by atoms with Gasteiger partial charge < -0.3 is 10.0 Å². The molecule has 0 radical (unpaired) electrons. The first-order chi connectivity index (χ1) is 10.9. The maximum Gasteiger partial charge on any atom is 0.311 e. The van der Waals surface area contributed by atoms with E-state index in [-0.39, 0.29) is 5.56 Å². The third-order valence-electron chi connectivity index (χ3n) is 4.43. The smallest absolute Gasteiger partial charge is 0.311 e. The molecule has 0 amide bonds. The second-order valence-electron chi connectivity index (χ2n) is 6.32. The minimum atomic E-state index is -0.842. The second-order valence-corrected chi connectivity index (χ2v) is 7.40.